The fourth-order valence-corrected chi connectivity index (χ4v) is 2.18. The highest BCUT2D eigenvalue weighted by molar-refractivity contribution is 5.77. The molecule has 3 atom stereocenters. The molecule has 5 heteroatoms. The van der Waals surface area contributed by atoms with Crippen molar-refractivity contribution in [3.63, 3.8) is 0 Å². The van der Waals surface area contributed by atoms with Gasteiger partial charge in [-0.2, -0.15) is 0 Å². The predicted octanol–water partition coefficient (Wildman–Crippen LogP) is 1.12. The molecule has 1 aliphatic rings. The summed E-state index contributed by atoms with van der Waals surface area (Å²) in [6, 6.07) is 0. The molecule has 1 N–H and O–H groups in total. The molecule has 1 amide bonds. The van der Waals surface area contributed by atoms with Crippen molar-refractivity contribution in [2.75, 3.05) is 13.1 Å². The Hall–Kier alpha value is -1.10. The molecule has 5 nitrogen and oxygen atoms in total. The Morgan fingerprint density at radius 1 is 1.29 bits per heavy atom. The molecule has 1 rings (SSSR count). The van der Waals surface area contributed by atoms with Gasteiger partial charge in [0.2, 0.25) is 5.91 Å². The zero-order valence-electron chi connectivity index (χ0n) is 10.7. The third-order valence-electron chi connectivity index (χ3n) is 2.82. The van der Waals surface area contributed by atoms with Gasteiger partial charge in [0.25, 0.3) is 0 Å². The Morgan fingerprint density at radius 3 is 2.29 bits per heavy atom. The predicted molar refractivity (Wildman–Crippen MR) is 62.6 cm³/mol. The van der Waals surface area contributed by atoms with E-state index in [1.807, 2.05) is 13.8 Å². The molecule has 98 valence electrons. The summed E-state index contributed by atoms with van der Waals surface area (Å²) >= 11 is 0. The van der Waals surface area contributed by atoms with Crippen LogP contribution in [0.5, 0.6) is 0 Å². The van der Waals surface area contributed by atoms with Crippen molar-refractivity contribution in [1.82, 2.24) is 4.90 Å². The zero-order valence-corrected chi connectivity index (χ0v) is 10.7. The Kier molecular flexibility index (Phi) is 4.93. The lowest BCUT2D eigenvalue weighted by atomic mass is 10.0. The van der Waals surface area contributed by atoms with Crippen molar-refractivity contribution in [3.8, 4) is 0 Å². The number of hydrogen-bond donors (Lipinski definition) is 1. The van der Waals surface area contributed by atoms with E-state index in [9.17, 15) is 9.59 Å². The van der Waals surface area contributed by atoms with Gasteiger partial charge in [0.1, 0.15) is 0 Å². The number of hydrogen-bond acceptors (Lipinski definition) is 3. The summed E-state index contributed by atoms with van der Waals surface area (Å²) in [6.07, 6.45) is 0.447. The fraction of sp³-hybridized carbons (Fsp3) is 0.833. The van der Waals surface area contributed by atoms with Crippen LogP contribution in [0.2, 0.25) is 0 Å². The van der Waals surface area contributed by atoms with Crippen molar-refractivity contribution >= 4 is 11.9 Å². The Bertz CT molecular complexity index is 282. The maximum Gasteiger partial charge on any atom is 0.303 e. The number of morpholine rings is 1. The van der Waals surface area contributed by atoms with Crippen molar-refractivity contribution in [2.24, 2.45) is 5.92 Å². The molecule has 1 heterocycles. The summed E-state index contributed by atoms with van der Waals surface area (Å²) < 4.78 is 5.55. The number of aliphatic carboxylic acids is 1. The highest BCUT2D eigenvalue weighted by Crippen LogP contribution is 2.15. The van der Waals surface area contributed by atoms with Crippen LogP contribution >= 0.6 is 0 Å². The van der Waals surface area contributed by atoms with Crippen molar-refractivity contribution in [3.05, 3.63) is 0 Å². The van der Waals surface area contributed by atoms with E-state index in [1.54, 1.807) is 11.8 Å². The third kappa shape index (κ3) is 4.73. The molecule has 0 spiro atoms. The SMILES string of the molecule is C[C@@H](CC(=O)O)CC(=O)N1C[C@@H](C)O[C@@H](C)C1. The number of nitrogens with zero attached hydrogens (tertiary/aromatic N) is 1. The van der Waals surface area contributed by atoms with Crippen LogP contribution in [0.15, 0.2) is 0 Å². The molecule has 0 aromatic heterocycles. The van der Waals surface area contributed by atoms with Crippen LogP contribution in [0.25, 0.3) is 0 Å². The quantitative estimate of drug-likeness (QED) is 0.803. The van der Waals surface area contributed by atoms with Gasteiger partial charge in [-0.25, -0.2) is 0 Å². The number of carboxylic acid groups (broad SMARTS) is 1. The number of amides is 1. The molecule has 0 radical (unpaired) electrons. The first-order valence-electron chi connectivity index (χ1n) is 6.03. The third-order valence-corrected chi connectivity index (χ3v) is 2.82. The monoisotopic (exact) mass is 243 g/mol. The molecule has 0 aliphatic carbocycles. The number of carbonyl (C=O) groups excluding carboxylic acids is 1. The average molecular weight is 243 g/mol. The van der Waals surface area contributed by atoms with E-state index in [4.69, 9.17) is 9.84 Å². The van der Waals surface area contributed by atoms with Crippen LogP contribution in [0.3, 0.4) is 0 Å². The van der Waals surface area contributed by atoms with E-state index >= 15 is 0 Å². The van der Waals surface area contributed by atoms with Gasteiger partial charge in [0, 0.05) is 25.9 Å². The molecule has 0 bridgehead atoms. The maximum atomic E-state index is 12.0. The summed E-state index contributed by atoms with van der Waals surface area (Å²) in [6.45, 7) is 6.87. The number of carboxylic acids is 1. The molecule has 0 aromatic carbocycles. The van der Waals surface area contributed by atoms with Gasteiger partial charge in [-0.3, -0.25) is 9.59 Å². The van der Waals surface area contributed by atoms with E-state index < -0.39 is 5.97 Å². The van der Waals surface area contributed by atoms with Crippen molar-refractivity contribution in [1.29, 1.82) is 0 Å². The highest BCUT2D eigenvalue weighted by atomic mass is 16.5. The van der Waals surface area contributed by atoms with Gasteiger partial charge in [0.15, 0.2) is 0 Å². The van der Waals surface area contributed by atoms with Gasteiger partial charge in [0.05, 0.1) is 12.2 Å². The number of rotatable bonds is 4. The first-order valence-corrected chi connectivity index (χ1v) is 6.03. The summed E-state index contributed by atoms with van der Waals surface area (Å²) in [7, 11) is 0. The second kappa shape index (κ2) is 6.00. The fourth-order valence-electron chi connectivity index (χ4n) is 2.18. The molecular weight excluding hydrogens is 222 g/mol. The van der Waals surface area contributed by atoms with Crippen LogP contribution in [0, 0.1) is 5.92 Å². The topological polar surface area (TPSA) is 66.8 Å². The van der Waals surface area contributed by atoms with Gasteiger partial charge in [-0.15, -0.1) is 0 Å². The van der Waals surface area contributed by atoms with Gasteiger partial charge in [-0.1, -0.05) is 6.92 Å². The van der Waals surface area contributed by atoms with E-state index in [-0.39, 0.29) is 30.5 Å². The molecule has 0 saturated carbocycles. The molecule has 1 aliphatic heterocycles. The van der Waals surface area contributed by atoms with Crippen LogP contribution in [-0.4, -0.2) is 47.2 Å². The largest absolute Gasteiger partial charge is 0.481 e. The average Bonchev–Trinajstić information content (AvgIpc) is 2.14. The second-order valence-corrected chi connectivity index (χ2v) is 4.96. The Balaban J connectivity index is 2.43. The first-order chi connectivity index (χ1) is 7.88. The molecule has 17 heavy (non-hydrogen) atoms. The number of carbonyl (C=O) groups is 2. The van der Waals surface area contributed by atoms with Crippen LogP contribution in [0.1, 0.15) is 33.6 Å². The van der Waals surface area contributed by atoms with E-state index in [0.29, 0.717) is 19.5 Å². The molecule has 0 aromatic rings. The van der Waals surface area contributed by atoms with Crippen LogP contribution in [0.4, 0.5) is 0 Å². The minimum atomic E-state index is -0.853. The van der Waals surface area contributed by atoms with E-state index in [0.717, 1.165) is 0 Å². The molecule has 0 unspecified atom stereocenters. The van der Waals surface area contributed by atoms with E-state index in [1.165, 1.54) is 0 Å². The first kappa shape index (κ1) is 14.0. The van der Waals surface area contributed by atoms with Gasteiger partial charge in [-0.05, 0) is 19.8 Å². The summed E-state index contributed by atoms with van der Waals surface area (Å²) in [5.41, 5.74) is 0. The minimum Gasteiger partial charge on any atom is -0.481 e. The minimum absolute atomic E-state index is 0.0285. The van der Waals surface area contributed by atoms with Crippen molar-refractivity contribution < 1.29 is 19.4 Å². The lowest BCUT2D eigenvalue weighted by Gasteiger charge is -2.35. The smallest absolute Gasteiger partial charge is 0.303 e. The normalized spacial score (nSPS) is 26.6. The standard InChI is InChI=1S/C12H21NO4/c1-8(5-12(15)16)4-11(14)13-6-9(2)17-10(3)7-13/h8-10H,4-7H2,1-3H3,(H,15,16)/t8-,9-,10+/m1/s1. The molecule has 1 saturated heterocycles. The second-order valence-electron chi connectivity index (χ2n) is 4.96. The maximum absolute atomic E-state index is 12.0. The lowest BCUT2D eigenvalue weighted by molar-refractivity contribution is -0.144. The van der Waals surface area contributed by atoms with Crippen molar-refractivity contribution in [2.45, 2.75) is 45.8 Å². The Morgan fingerprint density at radius 2 is 1.82 bits per heavy atom. The van der Waals surface area contributed by atoms with Crippen LogP contribution < -0.4 is 0 Å². The highest BCUT2D eigenvalue weighted by Gasteiger charge is 2.26. The Labute approximate surface area is 102 Å². The van der Waals surface area contributed by atoms with Crippen LogP contribution in [-0.2, 0) is 14.3 Å². The van der Waals surface area contributed by atoms with Gasteiger partial charge >= 0.3 is 5.97 Å². The lowest BCUT2D eigenvalue weighted by Crippen LogP contribution is -2.48. The zero-order chi connectivity index (χ0) is 13.0. The van der Waals surface area contributed by atoms with Gasteiger partial charge < -0.3 is 14.7 Å². The van der Waals surface area contributed by atoms with E-state index in [2.05, 4.69) is 0 Å². The molecule has 1 fully saturated rings. The molecular formula is C12H21NO4. The summed E-state index contributed by atoms with van der Waals surface area (Å²) in [4.78, 5) is 24.3. The summed E-state index contributed by atoms with van der Waals surface area (Å²) in [5.74, 6) is -0.941. The number of ether oxygens (including phenoxy) is 1. The summed E-state index contributed by atoms with van der Waals surface area (Å²) in [5, 5.41) is 8.65.